The number of nitrogens with one attached hydrogen (secondary N) is 2. The number of hydrogen-bond acceptors (Lipinski definition) is 4. The molecule has 0 aliphatic carbocycles. The van der Waals surface area contributed by atoms with E-state index in [1.165, 1.54) is 12.1 Å². The van der Waals surface area contributed by atoms with E-state index in [2.05, 4.69) is 10.6 Å². The molecule has 19 heavy (non-hydrogen) atoms. The van der Waals surface area contributed by atoms with Gasteiger partial charge in [0.2, 0.25) is 5.91 Å². The van der Waals surface area contributed by atoms with Crippen LogP contribution in [0.2, 0.25) is 0 Å². The number of hydrogen-bond donors (Lipinski definition) is 2. The van der Waals surface area contributed by atoms with Crippen LogP contribution < -0.4 is 10.6 Å². The SMILES string of the molecule is Cl.O=C(Cc1ccc([N+](=O)[O-])cc1)NCC1CNC1. The number of carbonyl (C=O) groups is 1. The number of nitro groups is 1. The van der Waals surface area contributed by atoms with Crippen molar-refractivity contribution in [3.8, 4) is 0 Å². The topological polar surface area (TPSA) is 84.3 Å². The summed E-state index contributed by atoms with van der Waals surface area (Å²) in [6, 6.07) is 6.06. The Morgan fingerprint density at radius 1 is 1.37 bits per heavy atom. The Morgan fingerprint density at radius 3 is 2.47 bits per heavy atom. The van der Waals surface area contributed by atoms with E-state index in [-0.39, 0.29) is 30.4 Å². The second-order valence-corrected chi connectivity index (χ2v) is 4.43. The summed E-state index contributed by atoms with van der Waals surface area (Å²) in [5.41, 5.74) is 0.824. The number of nitro benzene ring substituents is 1. The number of non-ortho nitro benzene ring substituents is 1. The Kier molecular flexibility index (Phi) is 5.72. The average Bonchev–Trinajstić information content (AvgIpc) is 2.27. The van der Waals surface area contributed by atoms with E-state index in [0.29, 0.717) is 12.5 Å². The lowest BCUT2D eigenvalue weighted by Gasteiger charge is -2.27. The minimum absolute atomic E-state index is 0. The molecule has 1 amide bonds. The van der Waals surface area contributed by atoms with Gasteiger partial charge in [0.15, 0.2) is 0 Å². The molecule has 1 fully saturated rings. The van der Waals surface area contributed by atoms with Crippen LogP contribution in [0, 0.1) is 16.0 Å². The van der Waals surface area contributed by atoms with E-state index >= 15 is 0 Å². The van der Waals surface area contributed by atoms with Crippen LogP contribution in [0.5, 0.6) is 0 Å². The van der Waals surface area contributed by atoms with Crippen molar-refractivity contribution >= 4 is 24.0 Å². The monoisotopic (exact) mass is 285 g/mol. The molecule has 104 valence electrons. The fourth-order valence-electron chi connectivity index (χ4n) is 1.73. The molecular formula is C12H16ClN3O3. The maximum Gasteiger partial charge on any atom is 0.269 e. The normalized spacial score (nSPS) is 14.1. The predicted octanol–water partition coefficient (Wildman–Crippen LogP) is 0.895. The van der Waals surface area contributed by atoms with Gasteiger partial charge in [-0.25, -0.2) is 0 Å². The highest BCUT2D eigenvalue weighted by Crippen LogP contribution is 2.12. The third-order valence-electron chi connectivity index (χ3n) is 2.97. The van der Waals surface area contributed by atoms with Gasteiger partial charge in [-0.1, -0.05) is 12.1 Å². The van der Waals surface area contributed by atoms with Crippen LogP contribution in [-0.2, 0) is 11.2 Å². The molecule has 0 spiro atoms. The van der Waals surface area contributed by atoms with Crippen molar-refractivity contribution in [2.75, 3.05) is 19.6 Å². The lowest BCUT2D eigenvalue weighted by molar-refractivity contribution is -0.384. The Hall–Kier alpha value is -1.66. The highest BCUT2D eigenvalue weighted by molar-refractivity contribution is 5.85. The molecule has 1 aliphatic rings. The van der Waals surface area contributed by atoms with Gasteiger partial charge in [-0.05, 0) is 5.56 Å². The van der Waals surface area contributed by atoms with Crippen LogP contribution >= 0.6 is 12.4 Å². The molecule has 1 saturated heterocycles. The molecule has 2 rings (SSSR count). The van der Waals surface area contributed by atoms with E-state index < -0.39 is 4.92 Å². The molecule has 7 heteroatoms. The van der Waals surface area contributed by atoms with E-state index in [1.807, 2.05) is 0 Å². The summed E-state index contributed by atoms with van der Waals surface area (Å²) in [4.78, 5) is 21.6. The van der Waals surface area contributed by atoms with Crippen LogP contribution in [-0.4, -0.2) is 30.5 Å². The van der Waals surface area contributed by atoms with Crippen molar-refractivity contribution in [2.24, 2.45) is 5.92 Å². The Labute approximate surface area is 117 Å². The highest BCUT2D eigenvalue weighted by Gasteiger charge is 2.17. The molecule has 0 bridgehead atoms. The molecule has 6 nitrogen and oxygen atoms in total. The van der Waals surface area contributed by atoms with E-state index in [9.17, 15) is 14.9 Å². The Balaban J connectivity index is 0.00000180. The zero-order valence-corrected chi connectivity index (χ0v) is 11.1. The van der Waals surface area contributed by atoms with Gasteiger partial charge in [0.05, 0.1) is 11.3 Å². The molecular weight excluding hydrogens is 270 g/mol. The zero-order chi connectivity index (χ0) is 13.0. The van der Waals surface area contributed by atoms with Crippen molar-refractivity contribution < 1.29 is 9.72 Å². The maximum absolute atomic E-state index is 11.6. The number of carbonyl (C=O) groups excluding carboxylic acids is 1. The fourth-order valence-corrected chi connectivity index (χ4v) is 1.73. The second kappa shape index (κ2) is 7.06. The molecule has 1 heterocycles. The quantitative estimate of drug-likeness (QED) is 0.622. The van der Waals surface area contributed by atoms with Crippen LogP contribution in [0.25, 0.3) is 0 Å². The maximum atomic E-state index is 11.6. The van der Waals surface area contributed by atoms with Crippen LogP contribution in [0.15, 0.2) is 24.3 Å². The number of benzene rings is 1. The highest BCUT2D eigenvalue weighted by atomic mass is 35.5. The van der Waals surface area contributed by atoms with Crippen LogP contribution in [0.4, 0.5) is 5.69 Å². The summed E-state index contributed by atoms with van der Waals surface area (Å²) in [6.07, 6.45) is 0.262. The number of rotatable bonds is 5. The lowest BCUT2D eigenvalue weighted by atomic mass is 10.0. The summed E-state index contributed by atoms with van der Waals surface area (Å²) in [5.74, 6) is 0.488. The van der Waals surface area contributed by atoms with Crippen LogP contribution in [0.1, 0.15) is 5.56 Å². The molecule has 0 radical (unpaired) electrons. The van der Waals surface area contributed by atoms with Gasteiger partial charge in [0.25, 0.3) is 5.69 Å². The van der Waals surface area contributed by atoms with Gasteiger partial charge in [0.1, 0.15) is 0 Å². The Bertz CT molecular complexity index is 446. The largest absolute Gasteiger partial charge is 0.355 e. The molecule has 0 aromatic heterocycles. The third kappa shape index (κ3) is 4.50. The fraction of sp³-hybridized carbons (Fsp3) is 0.417. The molecule has 0 atom stereocenters. The molecule has 0 saturated carbocycles. The lowest BCUT2D eigenvalue weighted by Crippen LogP contribution is -2.48. The number of amides is 1. The van der Waals surface area contributed by atoms with Gasteiger partial charge < -0.3 is 10.6 Å². The zero-order valence-electron chi connectivity index (χ0n) is 10.3. The van der Waals surface area contributed by atoms with Crippen molar-refractivity contribution in [1.29, 1.82) is 0 Å². The first-order chi connectivity index (χ1) is 8.65. The summed E-state index contributed by atoms with van der Waals surface area (Å²) in [7, 11) is 0. The second-order valence-electron chi connectivity index (χ2n) is 4.43. The van der Waals surface area contributed by atoms with Crippen LogP contribution in [0.3, 0.4) is 0 Å². The smallest absolute Gasteiger partial charge is 0.269 e. The van der Waals surface area contributed by atoms with E-state index in [4.69, 9.17) is 0 Å². The van der Waals surface area contributed by atoms with E-state index in [1.54, 1.807) is 12.1 Å². The van der Waals surface area contributed by atoms with Gasteiger partial charge in [0, 0.05) is 37.7 Å². The first-order valence-corrected chi connectivity index (χ1v) is 5.86. The van der Waals surface area contributed by atoms with E-state index in [0.717, 1.165) is 18.7 Å². The van der Waals surface area contributed by atoms with Crippen molar-refractivity contribution in [3.63, 3.8) is 0 Å². The van der Waals surface area contributed by atoms with Crippen molar-refractivity contribution in [3.05, 3.63) is 39.9 Å². The number of nitrogens with zero attached hydrogens (tertiary/aromatic N) is 1. The third-order valence-corrected chi connectivity index (χ3v) is 2.97. The summed E-state index contributed by atoms with van der Waals surface area (Å²) >= 11 is 0. The van der Waals surface area contributed by atoms with Gasteiger partial charge in [-0.3, -0.25) is 14.9 Å². The Morgan fingerprint density at radius 2 is 2.00 bits per heavy atom. The summed E-state index contributed by atoms with van der Waals surface area (Å²) in [6.45, 7) is 2.61. The molecule has 1 aliphatic heterocycles. The molecule has 2 N–H and O–H groups in total. The van der Waals surface area contributed by atoms with Crippen molar-refractivity contribution in [1.82, 2.24) is 10.6 Å². The first-order valence-electron chi connectivity index (χ1n) is 5.86. The minimum atomic E-state index is -0.451. The standard InChI is InChI=1S/C12H15N3O3.ClH/c16-12(14-8-10-6-13-7-10)5-9-1-3-11(4-2-9)15(17)18;/h1-4,10,13H,5-8H2,(H,14,16);1H. The molecule has 1 aromatic rings. The number of halogens is 1. The van der Waals surface area contributed by atoms with Crippen molar-refractivity contribution in [2.45, 2.75) is 6.42 Å². The van der Waals surface area contributed by atoms with Gasteiger partial charge in [-0.15, -0.1) is 12.4 Å². The average molecular weight is 286 g/mol. The predicted molar refractivity (Wildman–Crippen MR) is 73.4 cm³/mol. The molecule has 0 unspecified atom stereocenters. The first kappa shape index (κ1) is 15.4. The minimum Gasteiger partial charge on any atom is -0.355 e. The molecule has 1 aromatic carbocycles. The summed E-state index contributed by atoms with van der Waals surface area (Å²) < 4.78 is 0. The van der Waals surface area contributed by atoms with Gasteiger partial charge >= 0.3 is 0 Å². The van der Waals surface area contributed by atoms with Gasteiger partial charge in [-0.2, -0.15) is 0 Å². The summed E-state index contributed by atoms with van der Waals surface area (Å²) in [5, 5.41) is 16.5.